The second-order valence-corrected chi connectivity index (χ2v) is 5.57. The van der Waals surface area contributed by atoms with Crippen LogP contribution in [-0.4, -0.2) is 26.7 Å². The van der Waals surface area contributed by atoms with E-state index in [1.807, 2.05) is 0 Å². The third-order valence-corrected chi connectivity index (χ3v) is 3.65. The van der Waals surface area contributed by atoms with Gasteiger partial charge in [0, 0.05) is 29.8 Å². The Hall–Kier alpha value is -3.46. The van der Waals surface area contributed by atoms with Crippen LogP contribution in [0.1, 0.15) is 18.4 Å². The average molecular weight is 366 g/mol. The zero-order chi connectivity index (χ0) is 19.5. The van der Waals surface area contributed by atoms with E-state index in [0.717, 1.165) is 5.56 Å². The number of hydrogen-bond donors (Lipinski definition) is 1. The van der Waals surface area contributed by atoms with Crippen molar-refractivity contribution in [1.82, 2.24) is 0 Å². The Kier molecular flexibility index (Phi) is 7.73. The molecule has 0 aliphatic heterocycles. The third kappa shape index (κ3) is 6.40. The number of nitrogens with zero attached hydrogens (tertiary/aromatic N) is 1. The molecule has 0 aliphatic carbocycles. The number of anilines is 1. The van der Waals surface area contributed by atoms with Crippen molar-refractivity contribution in [1.29, 1.82) is 5.26 Å². The molecule has 0 atom stereocenters. The van der Waals surface area contributed by atoms with E-state index in [1.54, 1.807) is 62.8 Å². The third-order valence-electron chi connectivity index (χ3n) is 3.65. The van der Waals surface area contributed by atoms with Crippen LogP contribution < -0.4 is 19.5 Å². The van der Waals surface area contributed by atoms with Crippen LogP contribution in [0.3, 0.4) is 0 Å². The van der Waals surface area contributed by atoms with Crippen molar-refractivity contribution in [3.63, 3.8) is 0 Å². The topological polar surface area (TPSA) is 80.6 Å². The molecule has 6 heteroatoms. The van der Waals surface area contributed by atoms with Crippen molar-refractivity contribution in [2.45, 2.75) is 12.8 Å². The Morgan fingerprint density at radius 1 is 1.15 bits per heavy atom. The molecule has 0 aliphatic rings. The van der Waals surface area contributed by atoms with Gasteiger partial charge in [-0.2, -0.15) is 5.26 Å². The number of unbranched alkanes of at least 4 members (excludes halogenated alkanes) is 1. The maximum atomic E-state index is 12.2. The van der Waals surface area contributed by atoms with E-state index in [1.165, 1.54) is 6.08 Å². The van der Waals surface area contributed by atoms with Crippen molar-refractivity contribution in [2.75, 3.05) is 26.1 Å². The molecule has 2 aromatic carbocycles. The zero-order valence-corrected chi connectivity index (χ0v) is 15.4. The van der Waals surface area contributed by atoms with Crippen molar-refractivity contribution in [3.8, 4) is 23.3 Å². The number of carbonyl (C=O) groups excluding carboxylic acids is 1. The summed E-state index contributed by atoms with van der Waals surface area (Å²) in [5.41, 5.74) is 1.36. The number of benzene rings is 2. The lowest BCUT2D eigenvalue weighted by Gasteiger charge is -2.08. The molecule has 1 N–H and O–H groups in total. The zero-order valence-electron chi connectivity index (χ0n) is 15.4. The standard InChI is InChI=1S/C21H22N2O4/c1-25-18-9-10-20(26-2)16(14-18)8-11-21(24)23-17-6-5-7-19(15-17)27-13-4-3-12-22/h5-11,14-15H,3-4,13H2,1-2H3,(H,23,24)/b11-8+. The van der Waals surface area contributed by atoms with Gasteiger partial charge >= 0.3 is 0 Å². The van der Waals surface area contributed by atoms with Gasteiger partial charge in [-0.05, 0) is 42.8 Å². The molecule has 2 aromatic rings. The molecule has 0 saturated heterocycles. The Morgan fingerprint density at radius 2 is 2.00 bits per heavy atom. The lowest BCUT2D eigenvalue weighted by Crippen LogP contribution is -2.08. The van der Waals surface area contributed by atoms with E-state index in [9.17, 15) is 4.79 Å². The first-order valence-electron chi connectivity index (χ1n) is 8.47. The summed E-state index contributed by atoms with van der Waals surface area (Å²) in [5, 5.41) is 11.3. The van der Waals surface area contributed by atoms with Crippen LogP contribution in [0.5, 0.6) is 17.2 Å². The Labute approximate surface area is 159 Å². The first-order valence-corrected chi connectivity index (χ1v) is 8.47. The average Bonchev–Trinajstić information content (AvgIpc) is 2.69. The summed E-state index contributed by atoms with van der Waals surface area (Å²) in [6.07, 6.45) is 4.21. The molecule has 1 amide bonds. The van der Waals surface area contributed by atoms with Crippen molar-refractivity contribution < 1.29 is 19.0 Å². The van der Waals surface area contributed by atoms with E-state index in [2.05, 4.69) is 11.4 Å². The quantitative estimate of drug-likeness (QED) is 0.535. The van der Waals surface area contributed by atoms with E-state index in [0.29, 0.717) is 42.4 Å². The van der Waals surface area contributed by atoms with Gasteiger partial charge in [-0.1, -0.05) is 6.07 Å². The first kappa shape index (κ1) is 19.9. The summed E-state index contributed by atoms with van der Waals surface area (Å²) in [5.74, 6) is 1.69. The molecule has 0 spiro atoms. The molecule has 0 heterocycles. The minimum absolute atomic E-state index is 0.276. The summed E-state index contributed by atoms with van der Waals surface area (Å²) in [6, 6.07) is 14.6. The molecule has 0 fully saturated rings. The molecule has 140 valence electrons. The fraction of sp³-hybridized carbons (Fsp3) is 0.238. The van der Waals surface area contributed by atoms with Gasteiger partial charge < -0.3 is 19.5 Å². The molecule has 0 unspecified atom stereocenters. The summed E-state index contributed by atoms with van der Waals surface area (Å²) < 4.78 is 16.1. The van der Waals surface area contributed by atoms with Crippen LogP contribution in [0.15, 0.2) is 48.5 Å². The number of hydrogen-bond acceptors (Lipinski definition) is 5. The number of amides is 1. The highest BCUT2D eigenvalue weighted by atomic mass is 16.5. The van der Waals surface area contributed by atoms with Gasteiger partial charge in [-0.15, -0.1) is 0 Å². The summed E-state index contributed by atoms with van der Waals surface area (Å²) in [4.78, 5) is 12.2. The van der Waals surface area contributed by atoms with Gasteiger partial charge in [0.2, 0.25) is 5.91 Å². The predicted molar refractivity (Wildman–Crippen MR) is 104 cm³/mol. The van der Waals surface area contributed by atoms with Gasteiger partial charge in [-0.25, -0.2) is 0 Å². The van der Waals surface area contributed by atoms with E-state index in [4.69, 9.17) is 19.5 Å². The SMILES string of the molecule is COc1ccc(OC)c(/C=C/C(=O)Nc2cccc(OCCCC#N)c2)c1. The highest BCUT2D eigenvalue weighted by molar-refractivity contribution is 6.02. The monoisotopic (exact) mass is 366 g/mol. The Bertz CT molecular complexity index is 840. The maximum absolute atomic E-state index is 12.2. The van der Waals surface area contributed by atoms with Crippen LogP contribution in [0.2, 0.25) is 0 Å². The number of carbonyl (C=O) groups is 1. The molecule has 0 aromatic heterocycles. The summed E-state index contributed by atoms with van der Waals surface area (Å²) in [7, 11) is 3.15. The number of rotatable bonds is 9. The number of nitriles is 1. The lowest BCUT2D eigenvalue weighted by atomic mass is 10.1. The predicted octanol–water partition coefficient (Wildman–Crippen LogP) is 4.04. The molecule has 2 rings (SSSR count). The smallest absolute Gasteiger partial charge is 0.248 e. The minimum Gasteiger partial charge on any atom is -0.497 e. The molecule has 0 saturated carbocycles. The van der Waals surface area contributed by atoms with E-state index < -0.39 is 0 Å². The summed E-state index contributed by atoms with van der Waals surface area (Å²) >= 11 is 0. The molecule has 0 bridgehead atoms. The second kappa shape index (κ2) is 10.5. The first-order chi connectivity index (χ1) is 13.2. The van der Waals surface area contributed by atoms with Crippen molar-refractivity contribution in [2.24, 2.45) is 0 Å². The van der Waals surface area contributed by atoms with Crippen molar-refractivity contribution >= 4 is 17.7 Å². The van der Waals surface area contributed by atoms with Crippen LogP contribution in [0.4, 0.5) is 5.69 Å². The van der Waals surface area contributed by atoms with E-state index in [-0.39, 0.29) is 5.91 Å². The summed E-state index contributed by atoms with van der Waals surface area (Å²) in [6.45, 7) is 0.459. The number of methoxy groups -OCH3 is 2. The molecular formula is C21H22N2O4. The fourth-order valence-corrected chi connectivity index (χ4v) is 2.32. The molecular weight excluding hydrogens is 344 g/mol. The number of nitrogens with one attached hydrogen (secondary N) is 1. The van der Waals surface area contributed by atoms with Gasteiger partial charge in [0.15, 0.2) is 0 Å². The van der Waals surface area contributed by atoms with Crippen molar-refractivity contribution in [3.05, 3.63) is 54.1 Å². The Balaban J connectivity index is 1.99. The minimum atomic E-state index is -0.276. The maximum Gasteiger partial charge on any atom is 0.248 e. The molecule has 27 heavy (non-hydrogen) atoms. The largest absolute Gasteiger partial charge is 0.497 e. The normalized spacial score (nSPS) is 10.3. The highest BCUT2D eigenvalue weighted by Crippen LogP contribution is 2.25. The molecule has 0 radical (unpaired) electrons. The van der Waals surface area contributed by atoms with Gasteiger partial charge in [-0.3, -0.25) is 4.79 Å². The lowest BCUT2D eigenvalue weighted by molar-refractivity contribution is -0.111. The number of ether oxygens (including phenoxy) is 3. The Morgan fingerprint density at radius 3 is 2.74 bits per heavy atom. The van der Waals surface area contributed by atoms with Crippen LogP contribution in [0, 0.1) is 11.3 Å². The van der Waals surface area contributed by atoms with Gasteiger partial charge in [0.05, 0.1) is 26.9 Å². The molecule has 6 nitrogen and oxygen atoms in total. The van der Waals surface area contributed by atoms with Crippen LogP contribution in [0.25, 0.3) is 6.08 Å². The highest BCUT2D eigenvalue weighted by Gasteiger charge is 2.04. The van der Waals surface area contributed by atoms with Gasteiger partial charge in [0.25, 0.3) is 0 Å². The van der Waals surface area contributed by atoms with E-state index >= 15 is 0 Å². The van der Waals surface area contributed by atoms with Crippen LogP contribution in [-0.2, 0) is 4.79 Å². The van der Waals surface area contributed by atoms with Crippen LogP contribution >= 0.6 is 0 Å². The van der Waals surface area contributed by atoms with Gasteiger partial charge in [0.1, 0.15) is 17.2 Å². The second-order valence-electron chi connectivity index (χ2n) is 5.57. The fourth-order valence-electron chi connectivity index (χ4n) is 2.32.